The van der Waals surface area contributed by atoms with Crippen molar-refractivity contribution >= 4 is 5.97 Å². The minimum absolute atomic E-state index is 0.0210. The molecule has 4 nitrogen and oxygen atoms in total. The number of hydrogen-bond donors (Lipinski definition) is 1. The summed E-state index contributed by atoms with van der Waals surface area (Å²) in [6, 6.07) is 1.07. The molecule has 0 aliphatic heterocycles. The van der Waals surface area contributed by atoms with Gasteiger partial charge in [0.1, 0.15) is 5.54 Å². The van der Waals surface area contributed by atoms with Gasteiger partial charge in [0.05, 0.1) is 6.61 Å². The van der Waals surface area contributed by atoms with Crippen LogP contribution in [0.2, 0.25) is 0 Å². The monoisotopic (exact) mass is 296 g/mol. The lowest BCUT2D eigenvalue weighted by Crippen LogP contribution is -2.53. The van der Waals surface area contributed by atoms with Gasteiger partial charge in [-0.15, -0.1) is 0 Å². The number of nitrogens with zero attached hydrogens (tertiary/aromatic N) is 1. The lowest BCUT2D eigenvalue weighted by molar-refractivity contribution is -0.151. The molecule has 0 aromatic carbocycles. The molecule has 2 atom stereocenters. The molecule has 0 radical (unpaired) electrons. The third-order valence-corrected chi connectivity index (χ3v) is 4.75. The van der Waals surface area contributed by atoms with Crippen LogP contribution in [0.25, 0.3) is 0 Å². The Kier molecular flexibility index (Phi) is 6.06. The summed E-state index contributed by atoms with van der Waals surface area (Å²) in [6.45, 7) is 9.12. The molecule has 4 heteroatoms. The number of hydrogen-bond acceptors (Lipinski definition) is 4. The van der Waals surface area contributed by atoms with E-state index in [2.05, 4.69) is 24.1 Å². The van der Waals surface area contributed by atoms with Crippen molar-refractivity contribution in [3.63, 3.8) is 0 Å². The fourth-order valence-corrected chi connectivity index (χ4v) is 3.65. The molecule has 21 heavy (non-hydrogen) atoms. The van der Waals surface area contributed by atoms with Crippen LogP contribution in [0, 0.1) is 0 Å². The number of carbonyl (C=O) groups is 1. The average Bonchev–Trinajstić information content (AvgIpc) is 3.16. The quantitative estimate of drug-likeness (QED) is 0.664. The molecule has 0 bridgehead atoms. The second-order valence-corrected chi connectivity index (χ2v) is 6.65. The average molecular weight is 296 g/mol. The van der Waals surface area contributed by atoms with E-state index >= 15 is 0 Å². The van der Waals surface area contributed by atoms with Crippen LogP contribution < -0.4 is 5.32 Å². The SMILES string of the molecule is CCCN(CCC)C1CCC(NC2CC2)(C(=O)OCC)C1. The maximum atomic E-state index is 12.5. The van der Waals surface area contributed by atoms with E-state index in [4.69, 9.17) is 4.74 Å². The van der Waals surface area contributed by atoms with Gasteiger partial charge in [-0.1, -0.05) is 13.8 Å². The summed E-state index contributed by atoms with van der Waals surface area (Å²) in [6.07, 6.45) is 7.73. The van der Waals surface area contributed by atoms with Crippen LogP contribution in [0.15, 0.2) is 0 Å². The van der Waals surface area contributed by atoms with E-state index in [-0.39, 0.29) is 5.97 Å². The minimum Gasteiger partial charge on any atom is -0.465 e. The van der Waals surface area contributed by atoms with Crippen molar-refractivity contribution in [1.82, 2.24) is 10.2 Å². The van der Waals surface area contributed by atoms with E-state index in [0.717, 1.165) is 32.4 Å². The van der Waals surface area contributed by atoms with Gasteiger partial charge in [-0.2, -0.15) is 0 Å². The molecule has 2 saturated carbocycles. The summed E-state index contributed by atoms with van der Waals surface area (Å²) in [4.78, 5) is 15.1. The largest absolute Gasteiger partial charge is 0.465 e. The minimum atomic E-state index is -0.415. The highest BCUT2D eigenvalue weighted by Gasteiger charge is 2.49. The van der Waals surface area contributed by atoms with E-state index < -0.39 is 5.54 Å². The van der Waals surface area contributed by atoms with Gasteiger partial charge in [-0.3, -0.25) is 10.1 Å². The van der Waals surface area contributed by atoms with Gasteiger partial charge >= 0.3 is 5.97 Å². The highest BCUT2D eigenvalue weighted by atomic mass is 16.5. The van der Waals surface area contributed by atoms with Gasteiger partial charge in [0.2, 0.25) is 0 Å². The second-order valence-electron chi connectivity index (χ2n) is 6.65. The number of esters is 1. The smallest absolute Gasteiger partial charge is 0.326 e. The Hall–Kier alpha value is -0.610. The molecule has 2 aliphatic carbocycles. The molecule has 2 rings (SSSR count). The standard InChI is InChI=1S/C17H32N2O2/c1-4-11-19(12-5-2)15-9-10-17(13-15,16(20)21-6-3)18-14-7-8-14/h14-15,18H,4-13H2,1-3H3. The zero-order valence-electron chi connectivity index (χ0n) is 14.0. The summed E-state index contributed by atoms with van der Waals surface area (Å²) in [5.41, 5.74) is -0.415. The van der Waals surface area contributed by atoms with Gasteiger partial charge in [-0.25, -0.2) is 0 Å². The molecule has 0 spiro atoms. The van der Waals surface area contributed by atoms with E-state index in [1.807, 2.05) is 6.92 Å². The Morgan fingerprint density at radius 1 is 1.19 bits per heavy atom. The third kappa shape index (κ3) is 4.19. The molecule has 0 aromatic rings. The fraction of sp³-hybridized carbons (Fsp3) is 0.941. The highest BCUT2D eigenvalue weighted by Crippen LogP contribution is 2.37. The Morgan fingerprint density at radius 3 is 2.38 bits per heavy atom. The Bertz CT molecular complexity index is 338. The van der Waals surface area contributed by atoms with Crippen LogP contribution in [0.3, 0.4) is 0 Å². The normalized spacial score (nSPS) is 29.0. The molecule has 2 aliphatic rings. The van der Waals surface area contributed by atoms with Crippen LogP contribution >= 0.6 is 0 Å². The van der Waals surface area contributed by atoms with Gasteiger partial charge in [0.25, 0.3) is 0 Å². The first-order valence-electron chi connectivity index (χ1n) is 8.84. The van der Waals surface area contributed by atoms with Crippen molar-refractivity contribution in [3.05, 3.63) is 0 Å². The first-order valence-corrected chi connectivity index (χ1v) is 8.84. The van der Waals surface area contributed by atoms with Gasteiger partial charge < -0.3 is 9.64 Å². The zero-order chi connectivity index (χ0) is 15.3. The molecule has 122 valence electrons. The molecule has 2 fully saturated rings. The summed E-state index contributed by atoms with van der Waals surface area (Å²) in [5.74, 6) is -0.0210. The Balaban J connectivity index is 2.03. The number of carbonyl (C=O) groups excluding carboxylic acids is 1. The molecule has 0 saturated heterocycles. The van der Waals surface area contributed by atoms with Crippen LogP contribution in [0.1, 0.15) is 65.7 Å². The van der Waals surface area contributed by atoms with Gasteiger partial charge in [0.15, 0.2) is 0 Å². The number of ether oxygens (including phenoxy) is 1. The number of rotatable bonds is 9. The highest BCUT2D eigenvalue weighted by molar-refractivity contribution is 5.81. The molecule has 2 unspecified atom stereocenters. The van der Waals surface area contributed by atoms with E-state index in [1.54, 1.807) is 0 Å². The molecular weight excluding hydrogens is 264 g/mol. The molecular formula is C17H32N2O2. The lowest BCUT2D eigenvalue weighted by atomic mass is 9.96. The summed E-state index contributed by atoms with van der Waals surface area (Å²) in [7, 11) is 0. The van der Waals surface area contributed by atoms with Crippen molar-refractivity contribution < 1.29 is 9.53 Å². The van der Waals surface area contributed by atoms with Gasteiger partial charge in [0, 0.05) is 12.1 Å². The van der Waals surface area contributed by atoms with Crippen molar-refractivity contribution in [2.75, 3.05) is 19.7 Å². The summed E-state index contributed by atoms with van der Waals surface area (Å²) in [5, 5.41) is 3.62. The number of nitrogens with one attached hydrogen (secondary N) is 1. The first kappa shape index (κ1) is 16.8. The summed E-state index contributed by atoms with van der Waals surface area (Å²) < 4.78 is 5.39. The van der Waals surface area contributed by atoms with Crippen LogP contribution in [0.5, 0.6) is 0 Å². The summed E-state index contributed by atoms with van der Waals surface area (Å²) >= 11 is 0. The maximum absolute atomic E-state index is 12.5. The van der Waals surface area contributed by atoms with Gasteiger partial charge in [-0.05, 0) is 65.0 Å². The fourth-order valence-electron chi connectivity index (χ4n) is 3.65. The van der Waals surface area contributed by atoms with E-state index in [1.165, 1.54) is 25.7 Å². The van der Waals surface area contributed by atoms with Crippen LogP contribution in [-0.2, 0) is 9.53 Å². The van der Waals surface area contributed by atoms with Crippen molar-refractivity contribution in [2.24, 2.45) is 0 Å². The van der Waals surface area contributed by atoms with Crippen molar-refractivity contribution in [2.45, 2.75) is 83.3 Å². The van der Waals surface area contributed by atoms with Crippen molar-refractivity contribution in [1.29, 1.82) is 0 Å². The Labute approximate surface area is 129 Å². The molecule has 0 heterocycles. The topological polar surface area (TPSA) is 41.6 Å². The second kappa shape index (κ2) is 7.59. The lowest BCUT2D eigenvalue weighted by Gasteiger charge is -2.32. The van der Waals surface area contributed by atoms with Crippen LogP contribution in [0.4, 0.5) is 0 Å². The van der Waals surface area contributed by atoms with E-state index in [9.17, 15) is 4.79 Å². The van der Waals surface area contributed by atoms with Crippen molar-refractivity contribution in [3.8, 4) is 0 Å². The van der Waals surface area contributed by atoms with E-state index in [0.29, 0.717) is 18.7 Å². The molecule has 0 amide bonds. The Morgan fingerprint density at radius 2 is 1.86 bits per heavy atom. The maximum Gasteiger partial charge on any atom is 0.326 e. The molecule has 0 aromatic heterocycles. The van der Waals surface area contributed by atoms with Crippen LogP contribution in [-0.4, -0.2) is 48.2 Å². The predicted molar refractivity (Wildman–Crippen MR) is 85.3 cm³/mol. The molecule has 1 N–H and O–H groups in total. The predicted octanol–water partition coefficient (Wildman–Crippen LogP) is 2.71. The third-order valence-electron chi connectivity index (χ3n) is 4.75. The first-order chi connectivity index (χ1) is 10.1. The zero-order valence-corrected chi connectivity index (χ0v) is 14.0.